The van der Waals surface area contributed by atoms with E-state index in [1.165, 1.54) is 5.57 Å². The number of ether oxygens (including phenoxy) is 2. The largest absolute Gasteiger partial charge is 0.459 e. The van der Waals surface area contributed by atoms with Gasteiger partial charge in [-0.2, -0.15) is 0 Å². The Morgan fingerprint density at radius 2 is 2.04 bits per heavy atom. The van der Waals surface area contributed by atoms with Crippen molar-refractivity contribution in [1.82, 2.24) is 0 Å². The first-order valence-corrected chi connectivity index (χ1v) is 9.00. The average molecular weight is 332 g/mol. The van der Waals surface area contributed by atoms with Gasteiger partial charge in [0.15, 0.2) is 0 Å². The molecule has 3 aliphatic rings. The van der Waals surface area contributed by atoms with Crippen LogP contribution in [-0.2, 0) is 19.1 Å². The molecule has 5 atom stereocenters. The summed E-state index contributed by atoms with van der Waals surface area (Å²) in [6.07, 6.45) is 5.23. The van der Waals surface area contributed by atoms with Crippen molar-refractivity contribution in [1.29, 1.82) is 0 Å². The average Bonchev–Trinajstić information content (AvgIpc) is 2.80. The lowest BCUT2D eigenvalue weighted by Crippen LogP contribution is -2.48. The molecule has 1 aliphatic heterocycles. The molecule has 2 aliphatic carbocycles. The van der Waals surface area contributed by atoms with E-state index in [0.717, 1.165) is 31.3 Å². The Bertz CT molecular complexity index is 630. The van der Waals surface area contributed by atoms with Crippen molar-refractivity contribution < 1.29 is 19.1 Å². The molecule has 24 heavy (non-hydrogen) atoms. The number of esters is 2. The van der Waals surface area contributed by atoms with Gasteiger partial charge in [0.25, 0.3) is 0 Å². The van der Waals surface area contributed by atoms with Gasteiger partial charge in [0.1, 0.15) is 12.2 Å². The number of allylic oxidation sites excluding steroid dienone is 1. The maximum absolute atomic E-state index is 12.1. The molecule has 132 valence electrons. The Morgan fingerprint density at radius 3 is 2.71 bits per heavy atom. The van der Waals surface area contributed by atoms with E-state index in [2.05, 4.69) is 13.8 Å². The Labute approximate surface area is 144 Å². The minimum absolute atomic E-state index is 0.0378. The molecule has 0 aromatic heterocycles. The maximum Gasteiger partial charge on any atom is 0.334 e. The topological polar surface area (TPSA) is 52.6 Å². The molecule has 0 spiro atoms. The van der Waals surface area contributed by atoms with Gasteiger partial charge in [0.05, 0.1) is 0 Å². The SMILES string of the molecule is CC=C(C)C(=O)OC1CC(C)C2(C)CC3=C(C)C(=O)OC3CC2C1. The highest BCUT2D eigenvalue weighted by atomic mass is 16.6. The number of carbonyl (C=O) groups is 2. The van der Waals surface area contributed by atoms with Crippen LogP contribution in [0.5, 0.6) is 0 Å². The summed E-state index contributed by atoms with van der Waals surface area (Å²) in [5.74, 6) is 0.490. The van der Waals surface area contributed by atoms with Gasteiger partial charge in [-0.25, -0.2) is 9.59 Å². The molecule has 5 unspecified atom stereocenters. The van der Waals surface area contributed by atoms with Crippen molar-refractivity contribution in [2.24, 2.45) is 17.3 Å². The molecule has 0 radical (unpaired) electrons. The molecular formula is C20H28O4. The third kappa shape index (κ3) is 2.70. The summed E-state index contributed by atoms with van der Waals surface area (Å²) in [4.78, 5) is 24.0. The highest BCUT2D eigenvalue weighted by Gasteiger charge is 2.53. The molecule has 0 aromatic carbocycles. The Morgan fingerprint density at radius 1 is 1.33 bits per heavy atom. The summed E-state index contributed by atoms with van der Waals surface area (Å²) in [5.41, 5.74) is 2.82. The Hall–Kier alpha value is -1.58. The number of hydrogen-bond donors (Lipinski definition) is 0. The second-order valence-electron chi connectivity index (χ2n) is 8.03. The van der Waals surface area contributed by atoms with Crippen LogP contribution in [0.3, 0.4) is 0 Å². The second kappa shape index (κ2) is 6.05. The van der Waals surface area contributed by atoms with Crippen LogP contribution in [-0.4, -0.2) is 24.1 Å². The fourth-order valence-electron chi connectivity index (χ4n) is 4.66. The zero-order valence-corrected chi connectivity index (χ0v) is 15.3. The highest BCUT2D eigenvalue weighted by molar-refractivity contribution is 5.91. The first-order valence-electron chi connectivity index (χ1n) is 9.00. The molecule has 3 rings (SSSR count). The summed E-state index contributed by atoms with van der Waals surface area (Å²) < 4.78 is 11.3. The quantitative estimate of drug-likeness (QED) is 0.567. The van der Waals surface area contributed by atoms with Gasteiger partial charge in [0.2, 0.25) is 0 Å². The van der Waals surface area contributed by atoms with Crippen LogP contribution in [0.2, 0.25) is 0 Å². The molecule has 4 nitrogen and oxygen atoms in total. The minimum atomic E-state index is -0.210. The van der Waals surface area contributed by atoms with Crippen LogP contribution < -0.4 is 0 Å². The van der Waals surface area contributed by atoms with Crippen LogP contribution in [0.4, 0.5) is 0 Å². The normalized spacial score (nSPS) is 39.2. The predicted molar refractivity (Wildman–Crippen MR) is 91.1 cm³/mol. The number of carbonyl (C=O) groups excluding carboxylic acids is 2. The lowest BCUT2D eigenvalue weighted by molar-refractivity contribution is -0.154. The third-order valence-corrected chi connectivity index (χ3v) is 6.75. The number of rotatable bonds is 2. The smallest absolute Gasteiger partial charge is 0.334 e. The van der Waals surface area contributed by atoms with Gasteiger partial charge in [-0.05, 0) is 69.3 Å². The summed E-state index contributed by atoms with van der Waals surface area (Å²) in [6, 6.07) is 0. The van der Waals surface area contributed by atoms with Gasteiger partial charge < -0.3 is 9.47 Å². The first kappa shape index (κ1) is 17.2. The fourth-order valence-corrected chi connectivity index (χ4v) is 4.66. The van der Waals surface area contributed by atoms with Crippen molar-refractivity contribution in [3.63, 3.8) is 0 Å². The zero-order chi connectivity index (χ0) is 17.6. The molecule has 2 saturated carbocycles. The summed E-state index contributed by atoms with van der Waals surface area (Å²) in [5, 5.41) is 0. The van der Waals surface area contributed by atoms with Crippen molar-refractivity contribution in [2.45, 2.75) is 72.5 Å². The predicted octanol–water partition coefficient (Wildman–Crippen LogP) is 3.95. The summed E-state index contributed by atoms with van der Waals surface area (Å²) in [6.45, 7) is 10.1. The van der Waals surface area contributed by atoms with Gasteiger partial charge in [-0.3, -0.25) is 0 Å². The van der Waals surface area contributed by atoms with E-state index in [9.17, 15) is 9.59 Å². The highest BCUT2D eigenvalue weighted by Crippen LogP contribution is 2.57. The molecule has 1 heterocycles. The van der Waals surface area contributed by atoms with Crippen LogP contribution in [0.1, 0.15) is 60.3 Å². The molecule has 0 saturated heterocycles. The molecule has 0 N–H and O–H groups in total. The molecule has 4 heteroatoms. The van der Waals surface area contributed by atoms with E-state index in [0.29, 0.717) is 17.4 Å². The fraction of sp³-hybridized carbons (Fsp3) is 0.700. The standard InChI is InChI=1S/C20H28O4/c1-6-11(2)18(21)23-15-7-12(3)20(5)10-16-13(4)19(22)24-17(16)9-14(20)8-15/h6,12,14-15,17H,7-10H2,1-5H3. The lowest BCUT2D eigenvalue weighted by atomic mass is 9.54. The first-order chi connectivity index (χ1) is 11.3. The monoisotopic (exact) mass is 332 g/mol. The van der Waals surface area contributed by atoms with E-state index >= 15 is 0 Å². The van der Waals surface area contributed by atoms with Crippen molar-refractivity contribution in [3.05, 3.63) is 22.8 Å². The zero-order valence-electron chi connectivity index (χ0n) is 15.3. The van der Waals surface area contributed by atoms with Gasteiger partial charge >= 0.3 is 11.9 Å². The van der Waals surface area contributed by atoms with Crippen LogP contribution in [0.15, 0.2) is 22.8 Å². The van der Waals surface area contributed by atoms with E-state index in [4.69, 9.17) is 9.47 Å². The maximum atomic E-state index is 12.1. The Balaban J connectivity index is 1.77. The van der Waals surface area contributed by atoms with Crippen molar-refractivity contribution in [2.75, 3.05) is 0 Å². The molecule has 0 bridgehead atoms. The molecule has 2 fully saturated rings. The van der Waals surface area contributed by atoms with E-state index in [1.54, 1.807) is 13.0 Å². The molecule has 0 aromatic rings. The summed E-state index contributed by atoms with van der Waals surface area (Å²) >= 11 is 0. The van der Waals surface area contributed by atoms with E-state index in [-0.39, 0.29) is 29.6 Å². The third-order valence-electron chi connectivity index (χ3n) is 6.75. The van der Waals surface area contributed by atoms with Gasteiger partial charge in [-0.15, -0.1) is 0 Å². The number of hydrogen-bond acceptors (Lipinski definition) is 4. The minimum Gasteiger partial charge on any atom is -0.459 e. The number of fused-ring (bicyclic) bond motifs is 2. The second-order valence-corrected chi connectivity index (χ2v) is 8.03. The van der Waals surface area contributed by atoms with Gasteiger partial charge in [-0.1, -0.05) is 19.9 Å². The van der Waals surface area contributed by atoms with E-state index in [1.807, 2.05) is 13.8 Å². The van der Waals surface area contributed by atoms with E-state index < -0.39 is 0 Å². The van der Waals surface area contributed by atoms with Crippen molar-refractivity contribution >= 4 is 11.9 Å². The lowest BCUT2D eigenvalue weighted by Gasteiger charge is -2.52. The van der Waals surface area contributed by atoms with Gasteiger partial charge in [0, 0.05) is 11.1 Å². The van der Waals surface area contributed by atoms with Crippen LogP contribution in [0, 0.1) is 17.3 Å². The Kier molecular flexibility index (Phi) is 4.35. The van der Waals surface area contributed by atoms with Crippen LogP contribution in [0.25, 0.3) is 0 Å². The van der Waals surface area contributed by atoms with Crippen molar-refractivity contribution in [3.8, 4) is 0 Å². The summed E-state index contributed by atoms with van der Waals surface area (Å²) in [7, 11) is 0. The molecule has 0 amide bonds. The molecular weight excluding hydrogens is 304 g/mol. The van der Waals surface area contributed by atoms with Crippen LogP contribution >= 0.6 is 0 Å².